The van der Waals surface area contributed by atoms with Crippen LogP contribution in [0.3, 0.4) is 0 Å². The first kappa shape index (κ1) is 18.8. The normalized spacial score (nSPS) is 14.7. The molecule has 1 aliphatic rings. The molecular formula is C16H25N7O2. The van der Waals surface area contributed by atoms with Crippen molar-refractivity contribution in [1.29, 1.82) is 0 Å². The Morgan fingerprint density at radius 3 is 2.52 bits per heavy atom. The third-order valence-electron chi connectivity index (χ3n) is 4.23. The summed E-state index contributed by atoms with van der Waals surface area (Å²) in [7, 11) is 0. The molecule has 3 rings (SSSR count). The lowest BCUT2D eigenvalue weighted by Gasteiger charge is -2.35. The van der Waals surface area contributed by atoms with E-state index in [4.69, 9.17) is 9.90 Å². The van der Waals surface area contributed by atoms with E-state index in [1.54, 1.807) is 12.7 Å². The molecule has 25 heavy (non-hydrogen) atoms. The van der Waals surface area contributed by atoms with Crippen molar-refractivity contribution in [1.82, 2.24) is 29.6 Å². The van der Waals surface area contributed by atoms with Gasteiger partial charge in [0.2, 0.25) is 0 Å². The van der Waals surface area contributed by atoms with Crippen molar-refractivity contribution in [3.8, 4) is 0 Å². The van der Waals surface area contributed by atoms with Crippen LogP contribution in [0.25, 0.3) is 0 Å². The SMILES string of the molecule is CCc1cc(N2CCN(CCn3cnnc3C)CC2)ncn1.O=CO. The molecule has 0 aliphatic carbocycles. The Labute approximate surface area is 147 Å². The van der Waals surface area contributed by atoms with Crippen LogP contribution in [-0.2, 0) is 17.8 Å². The maximum Gasteiger partial charge on any atom is 0.290 e. The van der Waals surface area contributed by atoms with Gasteiger partial charge in [-0.25, -0.2) is 9.97 Å². The smallest absolute Gasteiger partial charge is 0.290 e. The minimum atomic E-state index is -0.250. The molecule has 1 N–H and O–H groups in total. The Balaban J connectivity index is 0.000000701. The largest absolute Gasteiger partial charge is 0.483 e. The summed E-state index contributed by atoms with van der Waals surface area (Å²) in [5.41, 5.74) is 1.11. The van der Waals surface area contributed by atoms with Crippen LogP contribution >= 0.6 is 0 Å². The molecule has 1 aliphatic heterocycles. The Bertz CT molecular complexity index is 653. The first-order valence-corrected chi connectivity index (χ1v) is 8.38. The second-order valence-electron chi connectivity index (χ2n) is 5.73. The van der Waals surface area contributed by atoms with Crippen LogP contribution in [0.15, 0.2) is 18.7 Å². The lowest BCUT2D eigenvalue weighted by molar-refractivity contribution is -0.122. The highest BCUT2D eigenvalue weighted by Crippen LogP contribution is 2.14. The summed E-state index contributed by atoms with van der Waals surface area (Å²) in [6.07, 6.45) is 4.43. The molecule has 3 heterocycles. The van der Waals surface area contributed by atoms with E-state index in [1.807, 2.05) is 6.92 Å². The molecule has 1 saturated heterocycles. The highest BCUT2D eigenvalue weighted by Gasteiger charge is 2.18. The second-order valence-corrected chi connectivity index (χ2v) is 5.73. The predicted octanol–water partition coefficient (Wildman–Crippen LogP) is 0.462. The summed E-state index contributed by atoms with van der Waals surface area (Å²) in [5.74, 6) is 2.04. The first-order valence-electron chi connectivity index (χ1n) is 8.38. The van der Waals surface area contributed by atoms with E-state index in [9.17, 15) is 0 Å². The van der Waals surface area contributed by atoms with Gasteiger partial charge in [-0.1, -0.05) is 6.92 Å². The van der Waals surface area contributed by atoms with E-state index in [2.05, 4.69) is 47.5 Å². The van der Waals surface area contributed by atoms with Crippen LogP contribution in [0.1, 0.15) is 18.4 Å². The molecule has 0 spiro atoms. The average molecular weight is 347 g/mol. The summed E-state index contributed by atoms with van der Waals surface area (Å²) < 4.78 is 2.10. The van der Waals surface area contributed by atoms with Gasteiger partial charge in [0.15, 0.2) is 0 Å². The van der Waals surface area contributed by atoms with Gasteiger partial charge in [0.25, 0.3) is 6.47 Å². The molecule has 1 fully saturated rings. The number of aryl methyl sites for hydroxylation is 2. The number of aromatic nitrogens is 5. The van der Waals surface area contributed by atoms with E-state index >= 15 is 0 Å². The van der Waals surface area contributed by atoms with Gasteiger partial charge in [-0.3, -0.25) is 9.69 Å². The van der Waals surface area contributed by atoms with Crippen LogP contribution in [0.2, 0.25) is 0 Å². The van der Waals surface area contributed by atoms with Crippen molar-refractivity contribution in [3.63, 3.8) is 0 Å². The summed E-state index contributed by atoms with van der Waals surface area (Å²) in [6.45, 7) is 10.0. The van der Waals surface area contributed by atoms with Gasteiger partial charge in [0, 0.05) is 51.0 Å². The molecule has 2 aromatic rings. The number of hydrogen-bond acceptors (Lipinski definition) is 7. The zero-order valence-corrected chi connectivity index (χ0v) is 14.7. The lowest BCUT2D eigenvalue weighted by atomic mass is 10.2. The number of rotatable bonds is 5. The third-order valence-corrected chi connectivity index (χ3v) is 4.23. The number of nitrogens with zero attached hydrogens (tertiary/aromatic N) is 7. The monoisotopic (exact) mass is 347 g/mol. The number of carboxylic acid groups (broad SMARTS) is 1. The summed E-state index contributed by atoms with van der Waals surface area (Å²) >= 11 is 0. The molecule has 0 amide bonds. The molecule has 0 atom stereocenters. The fourth-order valence-corrected chi connectivity index (χ4v) is 2.73. The number of carbonyl (C=O) groups is 1. The van der Waals surface area contributed by atoms with Gasteiger partial charge in [0.05, 0.1) is 0 Å². The fraction of sp³-hybridized carbons (Fsp3) is 0.562. The molecule has 0 unspecified atom stereocenters. The Morgan fingerprint density at radius 1 is 1.20 bits per heavy atom. The summed E-state index contributed by atoms with van der Waals surface area (Å²) in [6, 6.07) is 2.11. The minimum Gasteiger partial charge on any atom is -0.483 e. The maximum atomic E-state index is 8.36. The van der Waals surface area contributed by atoms with Gasteiger partial charge in [0.1, 0.15) is 24.3 Å². The standard InChI is InChI=1S/C15H23N7.CH2O2/c1-3-14-10-15(17-11-16-14)21-7-4-20(5-8-21)6-9-22-12-18-19-13(22)2;2-1-3/h10-12H,3-9H2,1-2H3;1H,(H,2,3). The molecule has 0 aromatic carbocycles. The average Bonchev–Trinajstić information content (AvgIpc) is 3.06. The molecular weight excluding hydrogens is 322 g/mol. The van der Waals surface area contributed by atoms with E-state index in [0.29, 0.717) is 0 Å². The van der Waals surface area contributed by atoms with Crippen molar-refractivity contribution in [2.75, 3.05) is 37.6 Å². The highest BCUT2D eigenvalue weighted by molar-refractivity contribution is 5.39. The fourth-order valence-electron chi connectivity index (χ4n) is 2.73. The minimum absolute atomic E-state index is 0.250. The van der Waals surface area contributed by atoms with E-state index in [1.165, 1.54) is 0 Å². The first-order chi connectivity index (χ1) is 12.2. The molecule has 136 valence electrons. The van der Waals surface area contributed by atoms with E-state index < -0.39 is 0 Å². The van der Waals surface area contributed by atoms with Gasteiger partial charge in [-0.2, -0.15) is 0 Å². The van der Waals surface area contributed by atoms with Crippen LogP contribution < -0.4 is 4.90 Å². The number of hydrogen-bond donors (Lipinski definition) is 1. The Hall–Kier alpha value is -2.55. The molecule has 0 radical (unpaired) electrons. The zero-order chi connectivity index (χ0) is 18.1. The van der Waals surface area contributed by atoms with Crippen molar-refractivity contribution in [2.45, 2.75) is 26.8 Å². The molecule has 9 heteroatoms. The molecule has 9 nitrogen and oxygen atoms in total. The highest BCUT2D eigenvalue weighted by atomic mass is 16.3. The van der Waals surface area contributed by atoms with Crippen molar-refractivity contribution in [2.24, 2.45) is 0 Å². The van der Waals surface area contributed by atoms with Gasteiger partial charge in [-0.15, -0.1) is 10.2 Å². The van der Waals surface area contributed by atoms with Crippen LogP contribution in [0.4, 0.5) is 5.82 Å². The van der Waals surface area contributed by atoms with Gasteiger partial charge in [-0.05, 0) is 13.3 Å². The second kappa shape index (κ2) is 9.67. The van der Waals surface area contributed by atoms with E-state index in [0.717, 1.165) is 63.0 Å². The Kier molecular flexibility index (Phi) is 7.27. The number of piperazine rings is 1. The topological polar surface area (TPSA) is 100 Å². The predicted molar refractivity (Wildman–Crippen MR) is 93.5 cm³/mol. The van der Waals surface area contributed by atoms with Crippen LogP contribution in [0, 0.1) is 6.92 Å². The zero-order valence-electron chi connectivity index (χ0n) is 14.7. The molecule has 0 saturated carbocycles. The quantitative estimate of drug-likeness (QED) is 0.779. The van der Waals surface area contributed by atoms with Gasteiger partial charge < -0.3 is 14.6 Å². The van der Waals surface area contributed by atoms with Crippen molar-refractivity contribution in [3.05, 3.63) is 30.2 Å². The van der Waals surface area contributed by atoms with Crippen LogP contribution in [-0.4, -0.2) is 73.9 Å². The Morgan fingerprint density at radius 2 is 1.92 bits per heavy atom. The lowest BCUT2D eigenvalue weighted by Crippen LogP contribution is -2.47. The van der Waals surface area contributed by atoms with E-state index in [-0.39, 0.29) is 6.47 Å². The third kappa shape index (κ3) is 5.49. The van der Waals surface area contributed by atoms with Crippen LogP contribution in [0.5, 0.6) is 0 Å². The molecule has 2 aromatic heterocycles. The van der Waals surface area contributed by atoms with Gasteiger partial charge >= 0.3 is 0 Å². The van der Waals surface area contributed by atoms with Crippen molar-refractivity contribution < 1.29 is 9.90 Å². The number of anilines is 1. The summed E-state index contributed by atoms with van der Waals surface area (Å²) in [5, 5.41) is 14.8. The molecule has 0 bridgehead atoms. The van der Waals surface area contributed by atoms with Crippen molar-refractivity contribution >= 4 is 12.3 Å². The summed E-state index contributed by atoms with van der Waals surface area (Å²) in [4.78, 5) is 21.9. The maximum absolute atomic E-state index is 8.36.